The Kier molecular flexibility index (Phi) is 4.34. The van der Waals surface area contributed by atoms with E-state index in [1.54, 1.807) is 7.11 Å². The van der Waals surface area contributed by atoms with Gasteiger partial charge in [-0.05, 0) is 13.0 Å². The van der Waals surface area contributed by atoms with E-state index >= 15 is 0 Å². The number of methoxy groups -OCH3 is 1. The number of ether oxygens (including phenoxy) is 1. The molecule has 1 aromatic heterocycles. The molecule has 0 spiro atoms. The second kappa shape index (κ2) is 6.18. The second-order valence-electron chi connectivity index (χ2n) is 4.33. The van der Waals surface area contributed by atoms with Crippen LogP contribution in [0.15, 0.2) is 30.3 Å². The van der Waals surface area contributed by atoms with Crippen molar-refractivity contribution in [1.29, 1.82) is 0 Å². The van der Waals surface area contributed by atoms with Gasteiger partial charge >= 0.3 is 0 Å². The summed E-state index contributed by atoms with van der Waals surface area (Å²) in [5.41, 5.74) is 2.09. The molecule has 4 nitrogen and oxygen atoms in total. The van der Waals surface area contributed by atoms with Crippen LogP contribution in [0.1, 0.15) is 24.0 Å². The van der Waals surface area contributed by atoms with E-state index in [0.717, 1.165) is 35.1 Å². The van der Waals surface area contributed by atoms with E-state index in [1.165, 1.54) is 0 Å². The molecule has 0 bridgehead atoms. The lowest BCUT2D eigenvalue weighted by atomic mass is 10.2. The predicted octanol–water partition coefficient (Wildman–Crippen LogP) is 2.97. The molecule has 4 heteroatoms. The van der Waals surface area contributed by atoms with Crippen molar-refractivity contribution < 1.29 is 4.74 Å². The van der Waals surface area contributed by atoms with Crippen LogP contribution in [0, 0.1) is 6.92 Å². The van der Waals surface area contributed by atoms with Crippen LogP contribution in [0.4, 0.5) is 5.82 Å². The van der Waals surface area contributed by atoms with Gasteiger partial charge in [-0.25, -0.2) is 9.97 Å². The van der Waals surface area contributed by atoms with Crippen LogP contribution in [-0.4, -0.2) is 17.1 Å². The number of nitrogens with zero attached hydrogens (tertiary/aromatic N) is 2. The minimum absolute atomic E-state index is 0.684. The Bertz CT molecular complexity index is 555. The average Bonchev–Trinajstić information content (AvgIpc) is 2.44. The van der Waals surface area contributed by atoms with Crippen LogP contribution >= 0.6 is 0 Å². The summed E-state index contributed by atoms with van der Waals surface area (Å²) < 4.78 is 5.33. The summed E-state index contributed by atoms with van der Waals surface area (Å²) in [5, 5.41) is 3.32. The Hall–Kier alpha value is -2.10. The fourth-order valence-corrected chi connectivity index (χ4v) is 1.91. The van der Waals surface area contributed by atoms with Crippen molar-refractivity contribution >= 4 is 5.82 Å². The maximum atomic E-state index is 5.33. The van der Waals surface area contributed by atoms with E-state index in [-0.39, 0.29) is 0 Å². The number of hydrogen-bond donors (Lipinski definition) is 1. The van der Waals surface area contributed by atoms with Gasteiger partial charge in [0.2, 0.25) is 0 Å². The first-order valence-electron chi connectivity index (χ1n) is 6.43. The SMILES string of the molecule is CCc1nc(C)cc(NCc2ccccc2OC)n1. The molecule has 0 aliphatic carbocycles. The van der Waals surface area contributed by atoms with E-state index in [4.69, 9.17) is 4.74 Å². The van der Waals surface area contributed by atoms with Gasteiger partial charge in [0.1, 0.15) is 17.4 Å². The molecule has 1 N–H and O–H groups in total. The summed E-state index contributed by atoms with van der Waals surface area (Å²) in [4.78, 5) is 8.82. The lowest BCUT2D eigenvalue weighted by Crippen LogP contribution is -2.06. The first kappa shape index (κ1) is 13.3. The molecule has 0 aliphatic heterocycles. The molecule has 0 radical (unpaired) electrons. The van der Waals surface area contributed by atoms with Gasteiger partial charge in [0, 0.05) is 30.3 Å². The van der Waals surface area contributed by atoms with Crippen LogP contribution in [0.25, 0.3) is 0 Å². The molecule has 19 heavy (non-hydrogen) atoms. The van der Waals surface area contributed by atoms with Gasteiger partial charge in [-0.15, -0.1) is 0 Å². The number of anilines is 1. The van der Waals surface area contributed by atoms with Crippen molar-refractivity contribution in [1.82, 2.24) is 9.97 Å². The highest BCUT2D eigenvalue weighted by Crippen LogP contribution is 2.18. The molecule has 0 saturated carbocycles. The van der Waals surface area contributed by atoms with Crippen LogP contribution in [0.5, 0.6) is 5.75 Å². The number of aromatic nitrogens is 2. The smallest absolute Gasteiger partial charge is 0.130 e. The Morgan fingerprint density at radius 3 is 2.74 bits per heavy atom. The number of rotatable bonds is 5. The highest BCUT2D eigenvalue weighted by Gasteiger charge is 2.03. The van der Waals surface area contributed by atoms with Gasteiger partial charge in [-0.3, -0.25) is 0 Å². The lowest BCUT2D eigenvalue weighted by molar-refractivity contribution is 0.410. The largest absolute Gasteiger partial charge is 0.496 e. The number of nitrogens with one attached hydrogen (secondary N) is 1. The highest BCUT2D eigenvalue weighted by molar-refractivity contribution is 5.40. The maximum absolute atomic E-state index is 5.33. The van der Waals surface area contributed by atoms with Gasteiger partial charge < -0.3 is 10.1 Å². The zero-order valence-corrected chi connectivity index (χ0v) is 11.6. The molecule has 0 fully saturated rings. The van der Waals surface area contributed by atoms with Crippen molar-refractivity contribution in [2.45, 2.75) is 26.8 Å². The molecular formula is C15H19N3O. The van der Waals surface area contributed by atoms with Crippen molar-refractivity contribution in [2.24, 2.45) is 0 Å². The third-order valence-electron chi connectivity index (χ3n) is 2.87. The van der Waals surface area contributed by atoms with Crippen LogP contribution in [0.2, 0.25) is 0 Å². The van der Waals surface area contributed by atoms with Gasteiger partial charge in [0.05, 0.1) is 7.11 Å². The minimum Gasteiger partial charge on any atom is -0.496 e. The molecule has 0 atom stereocenters. The van der Waals surface area contributed by atoms with Gasteiger partial charge in [0.25, 0.3) is 0 Å². The van der Waals surface area contributed by atoms with E-state index in [0.29, 0.717) is 6.54 Å². The van der Waals surface area contributed by atoms with Crippen LogP contribution in [0.3, 0.4) is 0 Å². The minimum atomic E-state index is 0.684. The predicted molar refractivity (Wildman–Crippen MR) is 76.5 cm³/mol. The number of para-hydroxylation sites is 1. The molecule has 0 amide bonds. The summed E-state index contributed by atoms with van der Waals surface area (Å²) in [6, 6.07) is 9.92. The van der Waals surface area contributed by atoms with E-state index in [9.17, 15) is 0 Å². The van der Waals surface area contributed by atoms with E-state index < -0.39 is 0 Å². The van der Waals surface area contributed by atoms with Gasteiger partial charge in [0.15, 0.2) is 0 Å². The van der Waals surface area contributed by atoms with Crippen molar-refractivity contribution in [3.05, 3.63) is 47.4 Å². The number of aryl methyl sites for hydroxylation is 2. The molecule has 100 valence electrons. The maximum Gasteiger partial charge on any atom is 0.130 e. The number of benzene rings is 1. The Morgan fingerprint density at radius 2 is 2.00 bits per heavy atom. The fraction of sp³-hybridized carbons (Fsp3) is 0.333. The first-order chi connectivity index (χ1) is 9.22. The molecule has 1 aromatic carbocycles. The fourth-order valence-electron chi connectivity index (χ4n) is 1.91. The average molecular weight is 257 g/mol. The van der Waals surface area contributed by atoms with E-state index in [2.05, 4.69) is 22.2 Å². The van der Waals surface area contributed by atoms with Crippen molar-refractivity contribution in [2.75, 3.05) is 12.4 Å². The zero-order valence-electron chi connectivity index (χ0n) is 11.6. The normalized spacial score (nSPS) is 10.3. The zero-order chi connectivity index (χ0) is 13.7. The molecule has 0 unspecified atom stereocenters. The lowest BCUT2D eigenvalue weighted by Gasteiger charge is -2.10. The third-order valence-corrected chi connectivity index (χ3v) is 2.87. The molecule has 1 heterocycles. The summed E-state index contributed by atoms with van der Waals surface area (Å²) in [6.07, 6.45) is 0.838. The molecular weight excluding hydrogens is 238 g/mol. The second-order valence-corrected chi connectivity index (χ2v) is 4.33. The summed E-state index contributed by atoms with van der Waals surface area (Å²) in [6.45, 7) is 4.72. The van der Waals surface area contributed by atoms with Crippen molar-refractivity contribution in [3.63, 3.8) is 0 Å². The Balaban J connectivity index is 2.12. The van der Waals surface area contributed by atoms with Crippen molar-refractivity contribution in [3.8, 4) is 5.75 Å². The van der Waals surface area contributed by atoms with Gasteiger partial charge in [-0.2, -0.15) is 0 Å². The molecule has 2 aromatic rings. The van der Waals surface area contributed by atoms with Gasteiger partial charge in [-0.1, -0.05) is 25.1 Å². The highest BCUT2D eigenvalue weighted by atomic mass is 16.5. The quantitative estimate of drug-likeness (QED) is 0.894. The molecule has 0 aliphatic rings. The van der Waals surface area contributed by atoms with Crippen LogP contribution < -0.4 is 10.1 Å². The molecule has 0 saturated heterocycles. The standard InChI is InChI=1S/C15H19N3O/c1-4-14-17-11(2)9-15(18-14)16-10-12-7-5-6-8-13(12)19-3/h5-9H,4,10H2,1-3H3,(H,16,17,18). The monoisotopic (exact) mass is 257 g/mol. The summed E-state index contributed by atoms with van der Waals surface area (Å²) >= 11 is 0. The number of hydrogen-bond acceptors (Lipinski definition) is 4. The topological polar surface area (TPSA) is 47.0 Å². The molecule has 2 rings (SSSR count). The Labute approximate surface area is 113 Å². The van der Waals surface area contributed by atoms with E-state index in [1.807, 2.05) is 37.3 Å². The van der Waals surface area contributed by atoms with Crippen LogP contribution in [-0.2, 0) is 13.0 Å². The third kappa shape index (κ3) is 3.44. The first-order valence-corrected chi connectivity index (χ1v) is 6.43. The summed E-state index contributed by atoms with van der Waals surface area (Å²) in [7, 11) is 1.68. The Morgan fingerprint density at radius 1 is 1.21 bits per heavy atom. The summed E-state index contributed by atoms with van der Waals surface area (Å²) in [5.74, 6) is 2.61.